The summed E-state index contributed by atoms with van der Waals surface area (Å²) in [7, 11) is 0. The molecule has 2 N–H and O–H groups in total. The number of nitrogens with zero attached hydrogens (tertiary/aromatic N) is 2. The molecule has 0 spiro atoms. The van der Waals surface area contributed by atoms with Crippen LogP contribution in [0.1, 0.15) is 22.5 Å². The fraction of sp³-hybridized carbons (Fsp3) is 0.160. The van der Waals surface area contributed by atoms with Crippen LogP contribution < -0.4 is 10.6 Å². The van der Waals surface area contributed by atoms with Gasteiger partial charge in [-0.3, -0.25) is 9.59 Å². The van der Waals surface area contributed by atoms with E-state index in [1.807, 2.05) is 67.8 Å². The molecule has 0 bridgehead atoms. The molecule has 1 saturated heterocycles. The van der Waals surface area contributed by atoms with E-state index in [4.69, 9.17) is 11.6 Å². The molecule has 2 heterocycles. The van der Waals surface area contributed by atoms with E-state index in [9.17, 15) is 14.4 Å². The van der Waals surface area contributed by atoms with Crippen molar-refractivity contribution in [1.29, 1.82) is 0 Å². The molecule has 168 valence electrons. The molecule has 0 saturated carbocycles. The second kappa shape index (κ2) is 8.96. The van der Waals surface area contributed by atoms with E-state index >= 15 is 0 Å². The molecule has 1 fully saturated rings. The summed E-state index contributed by atoms with van der Waals surface area (Å²) in [6.45, 7) is 5.42. The Bertz CT molecular complexity index is 1290. The minimum Gasteiger partial charge on any atom is -0.325 e. The van der Waals surface area contributed by atoms with Crippen molar-refractivity contribution in [2.24, 2.45) is 0 Å². The summed E-state index contributed by atoms with van der Waals surface area (Å²) in [5, 5.41) is 5.87. The summed E-state index contributed by atoms with van der Waals surface area (Å²) >= 11 is 6.37. The van der Waals surface area contributed by atoms with Gasteiger partial charge in [-0.15, -0.1) is 0 Å². The van der Waals surface area contributed by atoms with Gasteiger partial charge in [0.1, 0.15) is 12.2 Å². The van der Waals surface area contributed by atoms with Gasteiger partial charge in [0.05, 0.1) is 10.7 Å². The number of halogens is 1. The van der Waals surface area contributed by atoms with Crippen LogP contribution in [-0.2, 0) is 9.59 Å². The lowest BCUT2D eigenvalue weighted by atomic mass is 10.2. The first-order valence-corrected chi connectivity index (χ1v) is 10.8. The topological polar surface area (TPSA) is 83.4 Å². The van der Waals surface area contributed by atoms with Crippen molar-refractivity contribution < 1.29 is 14.4 Å². The Kier molecular flexibility index (Phi) is 6.07. The highest BCUT2D eigenvalue weighted by Crippen LogP contribution is 2.28. The van der Waals surface area contributed by atoms with E-state index in [1.54, 1.807) is 18.2 Å². The Labute approximate surface area is 196 Å². The quantitative estimate of drug-likeness (QED) is 0.429. The molecule has 0 radical (unpaired) electrons. The number of urea groups is 1. The van der Waals surface area contributed by atoms with E-state index in [0.29, 0.717) is 10.7 Å². The lowest BCUT2D eigenvalue weighted by molar-refractivity contribution is -0.127. The predicted molar refractivity (Wildman–Crippen MR) is 128 cm³/mol. The maximum absolute atomic E-state index is 12.8. The van der Waals surface area contributed by atoms with Crippen LogP contribution in [0.15, 0.2) is 60.3 Å². The number of rotatable bonds is 5. The molecule has 3 aromatic rings. The summed E-state index contributed by atoms with van der Waals surface area (Å²) in [6.07, 6.45) is 1.62. The van der Waals surface area contributed by atoms with Gasteiger partial charge >= 0.3 is 6.03 Å². The Morgan fingerprint density at radius 2 is 1.76 bits per heavy atom. The van der Waals surface area contributed by atoms with E-state index in [1.165, 1.54) is 0 Å². The van der Waals surface area contributed by atoms with Crippen LogP contribution in [0.25, 0.3) is 11.8 Å². The third kappa shape index (κ3) is 4.54. The van der Waals surface area contributed by atoms with E-state index in [0.717, 1.165) is 33.1 Å². The zero-order valence-corrected chi connectivity index (χ0v) is 19.2. The summed E-state index contributed by atoms with van der Waals surface area (Å²) < 4.78 is 1.99. The number of hydrogen-bond donors (Lipinski definition) is 2. The fourth-order valence-electron chi connectivity index (χ4n) is 3.79. The SMILES string of the molecule is Cc1ccc(NC(=O)CN2C(=O)NC(=Cc3cc(C)n(-c4ccccc4Cl)c3C)C2=O)cc1. The Hall–Kier alpha value is -3.84. The van der Waals surface area contributed by atoms with Crippen molar-refractivity contribution >= 4 is 41.2 Å². The highest BCUT2D eigenvalue weighted by molar-refractivity contribution is 6.32. The molecule has 4 rings (SSSR count). The zero-order valence-electron chi connectivity index (χ0n) is 18.5. The standard InChI is InChI=1S/C25H23ClN4O3/c1-15-8-10-19(11-9-15)27-23(31)14-29-24(32)21(28-25(29)33)13-18-12-16(2)30(17(18)3)22-7-5-4-6-20(22)26/h4-13H,14H2,1-3H3,(H,27,31)(H,28,33). The number of para-hydroxylation sites is 1. The van der Waals surface area contributed by atoms with Gasteiger partial charge < -0.3 is 15.2 Å². The lowest BCUT2D eigenvalue weighted by Gasteiger charge is -2.12. The third-order valence-corrected chi connectivity index (χ3v) is 5.78. The normalized spacial score (nSPS) is 14.7. The molecule has 0 unspecified atom stereocenters. The molecule has 33 heavy (non-hydrogen) atoms. The fourth-order valence-corrected chi connectivity index (χ4v) is 4.01. The number of imide groups is 1. The van der Waals surface area contributed by atoms with Gasteiger partial charge in [-0.2, -0.15) is 0 Å². The van der Waals surface area contributed by atoms with Crippen molar-refractivity contribution in [3.8, 4) is 5.69 Å². The molecule has 1 aliphatic rings. The molecule has 1 aliphatic heterocycles. The second-order valence-electron chi connectivity index (χ2n) is 7.91. The number of anilines is 1. The van der Waals surface area contributed by atoms with Gasteiger partial charge in [0, 0.05) is 17.1 Å². The van der Waals surface area contributed by atoms with Gasteiger partial charge in [0.15, 0.2) is 0 Å². The van der Waals surface area contributed by atoms with Gasteiger partial charge in [0.25, 0.3) is 5.91 Å². The van der Waals surface area contributed by atoms with Gasteiger partial charge in [-0.05, 0) is 62.7 Å². The van der Waals surface area contributed by atoms with E-state index in [-0.39, 0.29) is 12.2 Å². The van der Waals surface area contributed by atoms with Crippen molar-refractivity contribution in [1.82, 2.24) is 14.8 Å². The third-order valence-electron chi connectivity index (χ3n) is 5.46. The summed E-state index contributed by atoms with van der Waals surface area (Å²) in [5.74, 6) is -1.01. The van der Waals surface area contributed by atoms with Crippen LogP contribution in [-0.4, -0.2) is 33.9 Å². The van der Waals surface area contributed by atoms with E-state index in [2.05, 4.69) is 10.6 Å². The van der Waals surface area contributed by atoms with Crippen LogP contribution in [0.3, 0.4) is 0 Å². The van der Waals surface area contributed by atoms with Crippen molar-refractivity contribution in [3.05, 3.63) is 87.8 Å². The number of amides is 4. The molecule has 0 aliphatic carbocycles. The molecular weight excluding hydrogens is 440 g/mol. The number of hydrogen-bond acceptors (Lipinski definition) is 3. The number of aromatic nitrogens is 1. The number of benzene rings is 2. The van der Waals surface area contributed by atoms with Crippen LogP contribution in [0.4, 0.5) is 10.5 Å². The number of aryl methyl sites for hydroxylation is 2. The molecular formula is C25H23ClN4O3. The molecule has 1 aromatic heterocycles. The first kappa shape index (κ1) is 22.4. The number of carbonyl (C=O) groups is 3. The Balaban J connectivity index is 1.53. The molecule has 4 amide bonds. The van der Waals surface area contributed by atoms with Crippen molar-refractivity contribution in [3.63, 3.8) is 0 Å². The monoisotopic (exact) mass is 462 g/mol. The smallest absolute Gasteiger partial charge is 0.325 e. The second-order valence-corrected chi connectivity index (χ2v) is 8.31. The van der Waals surface area contributed by atoms with Crippen molar-refractivity contribution in [2.75, 3.05) is 11.9 Å². The summed E-state index contributed by atoms with van der Waals surface area (Å²) in [6, 6.07) is 16.0. The van der Waals surface area contributed by atoms with Crippen LogP contribution in [0.5, 0.6) is 0 Å². The maximum atomic E-state index is 12.8. The lowest BCUT2D eigenvalue weighted by Crippen LogP contribution is -2.38. The molecule has 8 heteroatoms. The first-order chi connectivity index (χ1) is 15.7. The van der Waals surface area contributed by atoms with E-state index < -0.39 is 17.8 Å². The highest BCUT2D eigenvalue weighted by Gasteiger charge is 2.35. The van der Waals surface area contributed by atoms with Crippen molar-refractivity contribution in [2.45, 2.75) is 20.8 Å². The first-order valence-electron chi connectivity index (χ1n) is 10.4. The van der Waals surface area contributed by atoms with Crippen LogP contribution in [0.2, 0.25) is 5.02 Å². The molecule has 2 aromatic carbocycles. The average Bonchev–Trinajstić information content (AvgIpc) is 3.19. The Morgan fingerprint density at radius 1 is 1.06 bits per heavy atom. The van der Waals surface area contributed by atoms with Gasteiger partial charge in [-0.1, -0.05) is 41.4 Å². The van der Waals surface area contributed by atoms with Crippen LogP contribution >= 0.6 is 11.6 Å². The van der Waals surface area contributed by atoms with Gasteiger partial charge in [0.2, 0.25) is 5.91 Å². The number of carbonyl (C=O) groups excluding carboxylic acids is 3. The highest BCUT2D eigenvalue weighted by atomic mass is 35.5. The molecule has 7 nitrogen and oxygen atoms in total. The minimum atomic E-state index is -0.634. The Morgan fingerprint density at radius 3 is 2.45 bits per heavy atom. The largest absolute Gasteiger partial charge is 0.329 e. The zero-order chi connectivity index (χ0) is 23.7. The summed E-state index contributed by atoms with van der Waals surface area (Å²) in [5.41, 5.74) is 5.16. The summed E-state index contributed by atoms with van der Waals surface area (Å²) in [4.78, 5) is 38.5. The maximum Gasteiger partial charge on any atom is 0.329 e. The molecule has 0 atom stereocenters. The predicted octanol–water partition coefficient (Wildman–Crippen LogP) is 4.59. The van der Waals surface area contributed by atoms with Gasteiger partial charge in [-0.25, -0.2) is 9.69 Å². The number of nitrogens with one attached hydrogen (secondary N) is 2. The minimum absolute atomic E-state index is 0.113. The van der Waals surface area contributed by atoms with Crippen LogP contribution in [0, 0.1) is 20.8 Å². The average molecular weight is 463 g/mol.